The van der Waals surface area contributed by atoms with Crippen LogP contribution >= 0.6 is 23.2 Å². The molecule has 94 valence electrons. The normalized spacial score (nSPS) is 23.5. The summed E-state index contributed by atoms with van der Waals surface area (Å²) in [6.45, 7) is 4.63. The molecule has 1 fully saturated rings. The zero-order valence-corrected chi connectivity index (χ0v) is 12.1. The number of likely N-dealkylation sites (N-methyl/N-ethyl adjacent to an activating group) is 1. The molecule has 1 saturated carbocycles. The zero-order valence-electron chi connectivity index (χ0n) is 10.6. The minimum Gasteiger partial charge on any atom is -0.316 e. The van der Waals surface area contributed by atoms with Gasteiger partial charge in [0.05, 0.1) is 0 Å². The second kappa shape index (κ2) is 4.79. The third-order valence-electron chi connectivity index (χ3n) is 3.93. The maximum Gasteiger partial charge on any atom is 0.0453 e. The van der Waals surface area contributed by atoms with Gasteiger partial charge >= 0.3 is 0 Å². The van der Waals surface area contributed by atoms with Crippen molar-refractivity contribution in [1.82, 2.24) is 5.32 Å². The number of rotatable bonds is 4. The second-order valence-electron chi connectivity index (χ2n) is 5.60. The lowest BCUT2D eigenvalue weighted by Crippen LogP contribution is -2.31. The predicted octanol–water partition coefficient (Wildman–Crippen LogP) is 4.17. The van der Waals surface area contributed by atoms with E-state index in [1.165, 1.54) is 6.42 Å². The number of hydrogen-bond donors (Lipinski definition) is 1. The molecule has 0 spiro atoms. The van der Waals surface area contributed by atoms with Crippen LogP contribution in [0.1, 0.15) is 25.8 Å². The van der Waals surface area contributed by atoms with E-state index in [2.05, 4.69) is 19.2 Å². The molecule has 1 aliphatic carbocycles. The number of benzene rings is 1. The van der Waals surface area contributed by atoms with E-state index in [-0.39, 0.29) is 0 Å². The fourth-order valence-corrected chi connectivity index (χ4v) is 3.14. The zero-order chi connectivity index (χ0) is 12.6. The van der Waals surface area contributed by atoms with Gasteiger partial charge in [0.15, 0.2) is 0 Å². The molecule has 1 aromatic rings. The molecule has 1 nitrogen and oxygen atoms in total. The van der Waals surface area contributed by atoms with Crippen LogP contribution in [0.25, 0.3) is 0 Å². The highest BCUT2D eigenvalue weighted by Crippen LogP contribution is 2.54. The summed E-state index contributed by atoms with van der Waals surface area (Å²) in [4.78, 5) is 0. The summed E-state index contributed by atoms with van der Waals surface area (Å²) < 4.78 is 0. The van der Waals surface area contributed by atoms with Crippen molar-refractivity contribution in [2.75, 3.05) is 7.05 Å². The van der Waals surface area contributed by atoms with Crippen molar-refractivity contribution in [2.24, 2.45) is 11.3 Å². The van der Waals surface area contributed by atoms with Gasteiger partial charge in [0.1, 0.15) is 0 Å². The summed E-state index contributed by atoms with van der Waals surface area (Å²) in [5.41, 5.74) is 1.53. The topological polar surface area (TPSA) is 12.0 Å². The monoisotopic (exact) mass is 271 g/mol. The molecule has 0 aromatic heterocycles. The van der Waals surface area contributed by atoms with E-state index < -0.39 is 0 Å². The Labute approximate surface area is 114 Å². The lowest BCUT2D eigenvalue weighted by Gasteiger charge is -2.19. The van der Waals surface area contributed by atoms with Gasteiger partial charge in [-0.1, -0.05) is 43.1 Å². The van der Waals surface area contributed by atoms with E-state index in [0.29, 0.717) is 11.5 Å². The van der Waals surface area contributed by atoms with Gasteiger partial charge in [0.2, 0.25) is 0 Å². The first-order valence-electron chi connectivity index (χ1n) is 6.06. The van der Waals surface area contributed by atoms with Gasteiger partial charge in [-0.2, -0.15) is 0 Å². The highest BCUT2D eigenvalue weighted by Gasteiger charge is 2.49. The van der Waals surface area contributed by atoms with E-state index in [1.54, 1.807) is 0 Å². The lowest BCUT2D eigenvalue weighted by molar-refractivity contribution is 0.426. The fraction of sp³-hybridized carbons (Fsp3) is 0.571. The fourth-order valence-electron chi connectivity index (χ4n) is 2.59. The molecule has 1 aromatic carbocycles. The van der Waals surface area contributed by atoms with E-state index in [4.69, 9.17) is 23.2 Å². The summed E-state index contributed by atoms with van der Waals surface area (Å²) in [5, 5.41) is 4.95. The Morgan fingerprint density at radius 1 is 1.35 bits per heavy atom. The summed E-state index contributed by atoms with van der Waals surface area (Å²) in [6, 6.07) is 6.17. The first-order chi connectivity index (χ1) is 7.95. The van der Waals surface area contributed by atoms with E-state index >= 15 is 0 Å². The van der Waals surface area contributed by atoms with Crippen LogP contribution in [0.4, 0.5) is 0 Å². The largest absolute Gasteiger partial charge is 0.316 e. The highest BCUT2D eigenvalue weighted by atomic mass is 35.5. The van der Waals surface area contributed by atoms with Gasteiger partial charge < -0.3 is 5.32 Å². The third-order valence-corrected chi connectivity index (χ3v) is 4.64. The van der Waals surface area contributed by atoms with Gasteiger partial charge in [-0.25, -0.2) is 0 Å². The van der Waals surface area contributed by atoms with E-state index in [9.17, 15) is 0 Å². The first kappa shape index (κ1) is 13.2. The van der Waals surface area contributed by atoms with Crippen molar-refractivity contribution >= 4 is 23.2 Å². The number of hydrogen-bond acceptors (Lipinski definition) is 1. The summed E-state index contributed by atoms with van der Waals surface area (Å²) in [5.74, 6) is 0.722. The van der Waals surface area contributed by atoms with Crippen LogP contribution < -0.4 is 5.32 Å². The standard InChI is InChI=1S/C14H19Cl2N/c1-14(2)8-10(14)13(17-3)7-9-11(15)5-4-6-12(9)16/h4-6,10,13,17H,7-8H2,1-3H3. The van der Waals surface area contributed by atoms with Crippen LogP contribution in [0, 0.1) is 11.3 Å². The average molecular weight is 272 g/mol. The number of nitrogens with one attached hydrogen (secondary N) is 1. The molecule has 0 saturated heterocycles. The highest BCUT2D eigenvalue weighted by molar-refractivity contribution is 6.36. The Balaban J connectivity index is 2.14. The third kappa shape index (κ3) is 2.78. The average Bonchev–Trinajstić information content (AvgIpc) is 2.87. The van der Waals surface area contributed by atoms with Crippen LogP contribution in [0.15, 0.2) is 18.2 Å². The molecule has 3 heteroatoms. The Bertz CT molecular complexity index is 394. The molecule has 0 amide bonds. The molecule has 17 heavy (non-hydrogen) atoms. The maximum absolute atomic E-state index is 6.21. The van der Waals surface area contributed by atoms with Gasteiger partial charge in [-0.05, 0) is 48.9 Å². The van der Waals surface area contributed by atoms with Crippen molar-refractivity contribution in [3.63, 3.8) is 0 Å². The SMILES string of the molecule is CNC(Cc1c(Cl)cccc1Cl)C1CC1(C)C. The van der Waals surface area contributed by atoms with Crippen LogP contribution in [0.3, 0.4) is 0 Å². The van der Waals surface area contributed by atoms with Crippen molar-refractivity contribution in [3.8, 4) is 0 Å². The molecular weight excluding hydrogens is 253 g/mol. The van der Waals surface area contributed by atoms with Gasteiger partial charge in [-0.15, -0.1) is 0 Å². The predicted molar refractivity (Wildman–Crippen MR) is 74.9 cm³/mol. The Morgan fingerprint density at radius 3 is 2.29 bits per heavy atom. The van der Waals surface area contributed by atoms with E-state index in [0.717, 1.165) is 27.9 Å². The maximum atomic E-state index is 6.21. The minimum atomic E-state index is 0.460. The Kier molecular flexibility index (Phi) is 3.72. The number of halogens is 2. The molecular formula is C14H19Cl2N. The summed E-state index contributed by atoms with van der Waals surface area (Å²) in [7, 11) is 2.02. The van der Waals surface area contributed by atoms with Crippen molar-refractivity contribution in [2.45, 2.75) is 32.7 Å². The van der Waals surface area contributed by atoms with Crippen LogP contribution in [0.2, 0.25) is 10.0 Å². The molecule has 2 rings (SSSR count). The van der Waals surface area contributed by atoms with Crippen LogP contribution in [-0.2, 0) is 6.42 Å². The Hall–Kier alpha value is -0.240. The summed E-state index contributed by atoms with van der Waals surface area (Å²) >= 11 is 12.4. The van der Waals surface area contributed by atoms with E-state index in [1.807, 2.05) is 25.2 Å². The molecule has 0 bridgehead atoms. The van der Waals surface area contributed by atoms with Gasteiger partial charge in [0, 0.05) is 16.1 Å². The van der Waals surface area contributed by atoms with Gasteiger partial charge in [-0.3, -0.25) is 0 Å². The molecule has 0 radical (unpaired) electrons. The molecule has 2 unspecified atom stereocenters. The Morgan fingerprint density at radius 2 is 1.88 bits per heavy atom. The van der Waals surface area contributed by atoms with Crippen LogP contribution in [0.5, 0.6) is 0 Å². The van der Waals surface area contributed by atoms with Crippen LogP contribution in [-0.4, -0.2) is 13.1 Å². The van der Waals surface area contributed by atoms with Crippen molar-refractivity contribution in [3.05, 3.63) is 33.8 Å². The quantitative estimate of drug-likeness (QED) is 0.867. The van der Waals surface area contributed by atoms with Crippen molar-refractivity contribution in [1.29, 1.82) is 0 Å². The first-order valence-corrected chi connectivity index (χ1v) is 6.81. The lowest BCUT2D eigenvalue weighted by atomic mass is 9.97. The second-order valence-corrected chi connectivity index (χ2v) is 6.41. The molecule has 2 atom stereocenters. The minimum absolute atomic E-state index is 0.460. The molecule has 1 aliphatic rings. The molecule has 1 N–H and O–H groups in total. The molecule has 0 heterocycles. The smallest absolute Gasteiger partial charge is 0.0453 e. The van der Waals surface area contributed by atoms with Crippen molar-refractivity contribution < 1.29 is 0 Å². The van der Waals surface area contributed by atoms with Gasteiger partial charge in [0.25, 0.3) is 0 Å². The summed E-state index contributed by atoms with van der Waals surface area (Å²) in [6.07, 6.45) is 2.18. The molecule has 0 aliphatic heterocycles.